The molecule has 0 saturated heterocycles. The zero-order valence-corrected chi connectivity index (χ0v) is 10.5. The second kappa shape index (κ2) is 6.95. The average Bonchev–Trinajstić information content (AvgIpc) is 2.35. The molecule has 1 aromatic rings. The summed E-state index contributed by atoms with van der Waals surface area (Å²) in [4.78, 5) is 0. The molecule has 0 aliphatic heterocycles. The Morgan fingerprint density at radius 3 is 2.82 bits per heavy atom. The summed E-state index contributed by atoms with van der Waals surface area (Å²) >= 11 is 0. The molecule has 0 spiro atoms. The van der Waals surface area contributed by atoms with Crippen LogP contribution in [-0.4, -0.2) is 20.2 Å². The fraction of sp³-hybridized carbons (Fsp3) is 0.429. The van der Waals surface area contributed by atoms with Gasteiger partial charge in [-0.2, -0.15) is 0 Å². The summed E-state index contributed by atoms with van der Waals surface area (Å²) in [6.45, 7) is 3.36. The number of methoxy groups -OCH3 is 1. The molecule has 0 fully saturated rings. The van der Waals surface area contributed by atoms with E-state index < -0.39 is 0 Å². The summed E-state index contributed by atoms with van der Waals surface area (Å²) < 4.78 is 5.23. The third-order valence-electron chi connectivity index (χ3n) is 2.72. The van der Waals surface area contributed by atoms with E-state index in [4.69, 9.17) is 16.9 Å². The Labute approximate surface area is 103 Å². The van der Waals surface area contributed by atoms with E-state index in [1.807, 2.05) is 19.1 Å². The maximum absolute atomic E-state index is 5.76. The maximum Gasteiger partial charge on any atom is 0.121 e. The predicted molar refractivity (Wildman–Crippen MR) is 71.0 cm³/mol. The van der Waals surface area contributed by atoms with Gasteiger partial charge in [-0.05, 0) is 24.1 Å². The van der Waals surface area contributed by atoms with Crippen LogP contribution in [0.4, 0.5) is 0 Å². The number of ether oxygens (including phenoxy) is 1. The van der Waals surface area contributed by atoms with Crippen molar-refractivity contribution in [2.24, 2.45) is 5.73 Å². The van der Waals surface area contributed by atoms with Crippen LogP contribution in [-0.2, 0) is 0 Å². The number of benzene rings is 1. The minimum Gasteiger partial charge on any atom is -0.496 e. The fourth-order valence-corrected chi connectivity index (χ4v) is 1.77. The first-order chi connectivity index (χ1) is 8.22. The van der Waals surface area contributed by atoms with Crippen molar-refractivity contribution in [2.45, 2.75) is 19.4 Å². The Morgan fingerprint density at radius 1 is 1.53 bits per heavy atom. The van der Waals surface area contributed by atoms with Gasteiger partial charge in [-0.25, -0.2) is 0 Å². The van der Waals surface area contributed by atoms with Gasteiger partial charge >= 0.3 is 0 Å². The number of nitrogens with one attached hydrogen (secondary N) is 1. The summed E-state index contributed by atoms with van der Waals surface area (Å²) in [5.41, 5.74) is 8.04. The highest BCUT2D eigenvalue weighted by molar-refractivity contribution is 5.37. The molecular formula is C14H20N2O. The van der Waals surface area contributed by atoms with Crippen LogP contribution in [0.25, 0.3) is 0 Å². The lowest BCUT2D eigenvalue weighted by Gasteiger charge is -2.18. The van der Waals surface area contributed by atoms with Gasteiger partial charge in [0.1, 0.15) is 5.75 Å². The van der Waals surface area contributed by atoms with Crippen LogP contribution in [0.2, 0.25) is 0 Å². The third kappa shape index (κ3) is 3.77. The van der Waals surface area contributed by atoms with E-state index in [1.165, 1.54) is 5.56 Å². The Morgan fingerprint density at radius 2 is 2.29 bits per heavy atom. The molecule has 1 rings (SSSR count). The highest BCUT2D eigenvalue weighted by Gasteiger charge is 2.09. The van der Waals surface area contributed by atoms with Crippen molar-refractivity contribution in [1.82, 2.24) is 5.32 Å². The highest BCUT2D eigenvalue weighted by Crippen LogP contribution is 2.22. The summed E-state index contributed by atoms with van der Waals surface area (Å²) in [5, 5.41) is 3.34. The molecule has 1 atom stereocenters. The smallest absolute Gasteiger partial charge is 0.121 e. The average molecular weight is 232 g/mol. The summed E-state index contributed by atoms with van der Waals surface area (Å²) in [6.07, 6.45) is 5.93. The number of hydrogen-bond donors (Lipinski definition) is 2. The molecule has 0 amide bonds. The van der Waals surface area contributed by atoms with Gasteiger partial charge in [0, 0.05) is 25.6 Å². The van der Waals surface area contributed by atoms with Crippen LogP contribution in [0.3, 0.4) is 0 Å². The quantitative estimate of drug-likeness (QED) is 0.579. The van der Waals surface area contributed by atoms with Gasteiger partial charge in [0.15, 0.2) is 0 Å². The minimum atomic E-state index is 0.146. The minimum absolute atomic E-state index is 0.146. The molecule has 0 radical (unpaired) electrons. The molecule has 1 unspecified atom stereocenters. The molecule has 0 saturated carbocycles. The van der Waals surface area contributed by atoms with Gasteiger partial charge in [0.2, 0.25) is 0 Å². The molecule has 0 aliphatic carbocycles. The number of nitrogens with two attached hydrogens (primary N) is 1. The van der Waals surface area contributed by atoms with Crippen molar-refractivity contribution in [2.75, 3.05) is 20.2 Å². The Kier molecular flexibility index (Phi) is 5.55. The Balaban J connectivity index is 2.75. The molecule has 0 aliphatic rings. The van der Waals surface area contributed by atoms with Crippen molar-refractivity contribution in [1.29, 1.82) is 0 Å². The van der Waals surface area contributed by atoms with E-state index in [9.17, 15) is 0 Å². The molecule has 1 aromatic carbocycles. The Hall–Kier alpha value is -1.50. The van der Waals surface area contributed by atoms with Crippen LogP contribution in [0, 0.1) is 19.3 Å². The van der Waals surface area contributed by atoms with E-state index in [2.05, 4.69) is 17.3 Å². The van der Waals surface area contributed by atoms with Gasteiger partial charge in [-0.1, -0.05) is 12.1 Å². The summed E-state index contributed by atoms with van der Waals surface area (Å²) in [6, 6.07) is 6.25. The summed E-state index contributed by atoms with van der Waals surface area (Å²) in [5.74, 6) is 3.50. The first kappa shape index (κ1) is 13.6. The third-order valence-corrected chi connectivity index (χ3v) is 2.72. The normalized spacial score (nSPS) is 11.9. The lowest BCUT2D eigenvalue weighted by atomic mass is 10.0. The SMILES string of the molecule is C#CCCNC(CN)c1ccc(OC)c(C)c1. The molecule has 17 heavy (non-hydrogen) atoms. The van der Waals surface area contributed by atoms with Gasteiger partial charge in [0.05, 0.1) is 7.11 Å². The van der Waals surface area contributed by atoms with Gasteiger partial charge in [-0.3, -0.25) is 0 Å². The van der Waals surface area contributed by atoms with Crippen molar-refractivity contribution < 1.29 is 4.74 Å². The van der Waals surface area contributed by atoms with E-state index >= 15 is 0 Å². The molecule has 0 heterocycles. The van der Waals surface area contributed by atoms with E-state index in [0.717, 1.165) is 17.9 Å². The van der Waals surface area contributed by atoms with E-state index in [-0.39, 0.29) is 6.04 Å². The zero-order valence-electron chi connectivity index (χ0n) is 10.5. The highest BCUT2D eigenvalue weighted by atomic mass is 16.5. The molecule has 3 nitrogen and oxygen atoms in total. The molecule has 0 bridgehead atoms. The van der Waals surface area contributed by atoms with Crippen LogP contribution in [0.15, 0.2) is 18.2 Å². The van der Waals surface area contributed by atoms with Crippen LogP contribution < -0.4 is 15.8 Å². The van der Waals surface area contributed by atoms with Crippen LogP contribution >= 0.6 is 0 Å². The van der Waals surface area contributed by atoms with Crippen molar-refractivity contribution in [3.8, 4) is 18.1 Å². The van der Waals surface area contributed by atoms with E-state index in [1.54, 1.807) is 7.11 Å². The number of aryl methyl sites for hydroxylation is 1. The largest absolute Gasteiger partial charge is 0.496 e. The van der Waals surface area contributed by atoms with E-state index in [0.29, 0.717) is 13.0 Å². The number of terminal acetylenes is 1. The van der Waals surface area contributed by atoms with Crippen LogP contribution in [0.1, 0.15) is 23.6 Å². The second-order valence-electron chi connectivity index (χ2n) is 3.93. The topological polar surface area (TPSA) is 47.3 Å². The van der Waals surface area contributed by atoms with Crippen LogP contribution in [0.5, 0.6) is 5.75 Å². The van der Waals surface area contributed by atoms with Gasteiger partial charge < -0.3 is 15.8 Å². The van der Waals surface area contributed by atoms with Crippen molar-refractivity contribution in [3.05, 3.63) is 29.3 Å². The Bertz CT molecular complexity index is 396. The lowest BCUT2D eigenvalue weighted by molar-refractivity contribution is 0.411. The molecule has 3 N–H and O–H groups in total. The molecular weight excluding hydrogens is 212 g/mol. The fourth-order valence-electron chi connectivity index (χ4n) is 1.77. The summed E-state index contributed by atoms with van der Waals surface area (Å²) in [7, 11) is 1.67. The maximum atomic E-state index is 5.76. The molecule has 0 aromatic heterocycles. The number of rotatable bonds is 6. The van der Waals surface area contributed by atoms with Crippen molar-refractivity contribution >= 4 is 0 Å². The van der Waals surface area contributed by atoms with Gasteiger partial charge in [-0.15, -0.1) is 12.3 Å². The molecule has 92 valence electrons. The monoisotopic (exact) mass is 232 g/mol. The zero-order chi connectivity index (χ0) is 12.7. The predicted octanol–water partition coefficient (Wildman–Crippen LogP) is 1.62. The van der Waals surface area contributed by atoms with Crippen molar-refractivity contribution in [3.63, 3.8) is 0 Å². The van der Waals surface area contributed by atoms with Gasteiger partial charge in [0.25, 0.3) is 0 Å². The standard InChI is InChI=1S/C14H20N2O/c1-4-5-8-16-13(10-15)12-6-7-14(17-3)11(2)9-12/h1,6-7,9,13,16H,5,8,10,15H2,2-3H3. The number of hydrogen-bond acceptors (Lipinski definition) is 3. The lowest BCUT2D eigenvalue weighted by Crippen LogP contribution is -2.28. The second-order valence-corrected chi connectivity index (χ2v) is 3.93. The molecule has 3 heteroatoms. The first-order valence-corrected chi connectivity index (χ1v) is 5.74. The first-order valence-electron chi connectivity index (χ1n) is 5.74.